The van der Waals surface area contributed by atoms with Gasteiger partial charge < -0.3 is 15.0 Å². The SMILES string of the molecule is Cc1cc2nc3c(=O)[nH]c(=O)nc-3n(CCNCCC3(C(=O)O)CC3)c2cc1C. The van der Waals surface area contributed by atoms with Crippen LogP contribution in [0.4, 0.5) is 0 Å². The van der Waals surface area contributed by atoms with Crippen molar-refractivity contribution in [2.45, 2.75) is 39.7 Å². The first-order chi connectivity index (χ1) is 13.8. The Kier molecular flexibility index (Phi) is 4.70. The monoisotopic (exact) mass is 397 g/mol. The topological polar surface area (TPSA) is 130 Å². The van der Waals surface area contributed by atoms with Crippen molar-refractivity contribution in [2.75, 3.05) is 13.1 Å². The van der Waals surface area contributed by atoms with E-state index in [-0.39, 0.29) is 11.5 Å². The van der Waals surface area contributed by atoms with E-state index in [9.17, 15) is 19.5 Å². The van der Waals surface area contributed by atoms with Crippen LogP contribution in [0.1, 0.15) is 30.4 Å². The number of fused-ring (bicyclic) bond motifs is 2. The minimum absolute atomic E-state index is 0.128. The molecule has 0 saturated heterocycles. The second kappa shape index (κ2) is 7.07. The van der Waals surface area contributed by atoms with Gasteiger partial charge in [-0.3, -0.25) is 14.6 Å². The number of aromatic nitrogens is 4. The number of hydrogen-bond donors (Lipinski definition) is 3. The Labute approximate surface area is 166 Å². The molecular weight excluding hydrogens is 374 g/mol. The fourth-order valence-corrected chi connectivity index (χ4v) is 3.64. The minimum atomic E-state index is -0.725. The number of aromatic amines is 1. The van der Waals surface area contributed by atoms with Crippen LogP contribution in [0.15, 0.2) is 21.7 Å². The standard InChI is InChI=1S/C20H23N5O4/c1-11-9-13-14(10-12(11)2)25(16-15(22-13)17(26)24-19(29)23-16)8-7-21-6-5-20(3-4-20)18(27)28/h9-10,21H,3-8H2,1-2H3,(H,27,28)(H,24,26,29). The number of aryl methyl sites for hydroxylation is 2. The molecule has 0 spiro atoms. The van der Waals surface area contributed by atoms with Crippen molar-refractivity contribution in [1.29, 1.82) is 0 Å². The normalized spacial score (nSPS) is 15.1. The molecule has 1 aromatic rings. The predicted octanol–water partition coefficient (Wildman–Crippen LogP) is 1.05. The van der Waals surface area contributed by atoms with Crippen LogP contribution in [0.3, 0.4) is 0 Å². The van der Waals surface area contributed by atoms with Crippen molar-refractivity contribution in [3.05, 3.63) is 44.1 Å². The molecule has 9 heteroatoms. The third kappa shape index (κ3) is 3.53. The van der Waals surface area contributed by atoms with Crippen LogP contribution in [0, 0.1) is 19.3 Å². The smallest absolute Gasteiger partial charge is 0.349 e. The van der Waals surface area contributed by atoms with E-state index < -0.39 is 22.6 Å². The van der Waals surface area contributed by atoms with Gasteiger partial charge in [-0.25, -0.2) is 9.78 Å². The Hall–Kier alpha value is -3.07. The van der Waals surface area contributed by atoms with Gasteiger partial charge in [-0.1, -0.05) is 0 Å². The summed E-state index contributed by atoms with van der Waals surface area (Å²) in [4.78, 5) is 45.9. The number of benzene rings is 1. The van der Waals surface area contributed by atoms with Crippen LogP contribution in [-0.2, 0) is 11.3 Å². The summed E-state index contributed by atoms with van der Waals surface area (Å²) >= 11 is 0. The summed E-state index contributed by atoms with van der Waals surface area (Å²) in [6, 6.07) is 3.90. The summed E-state index contributed by atoms with van der Waals surface area (Å²) in [5.74, 6) is -0.474. The van der Waals surface area contributed by atoms with E-state index in [1.807, 2.05) is 30.5 Å². The van der Waals surface area contributed by atoms with Crippen LogP contribution in [-0.4, -0.2) is 43.7 Å². The highest BCUT2D eigenvalue weighted by Crippen LogP contribution is 2.48. The second-order valence-electron chi connectivity index (χ2n) is 7.82. The van der Waals surface area contributed by atoms with Gasteiger partial charge in [-0.15, -0.1) is 0 Å². The number of hydrogen-bond acceptors (Lipinski definition) is 6. The number of nitrogens with one attached hydrogen (secondary N) is 2. The number of H-pyrrole nitrogens is 1. The van der Waals surface area contributed by atoms with E-state index in [1.165, 1.54) is 0 Å². The molecule has 0 atom stereocenters. The number of carbonyl (C=O) groups is 1. The molecule has 2 aliphatic heterocycles. The molecule has 3 aliphatic rings. The Morgan fingerprint density at radius 2 is 1.93 bits per heavy atom. The Balaban J connectivity index is 1.64. The molecule has 0 bridgehead atoms. The van der Waals surface area contributed by atoms with Crippen molar-refractivity contribution in [3.63, 3.8) is 0 Å². The molecule has 4 rings (SSSR count). The minimum Gasteiger partial charge on any atom is -0.481 e. The molecular formula is C20H23N5O4. The van der Waals surface area contributed by atoms with Crippen molar-refractivity contribution >= 4 is 17.0 Å². The fourth-order valence-electron chi connectivity index (χ4n) is 3.64. The van der Waals surface area contributed by atoms with Gasteiger partial charge in [-0.2, -0.15) is 4.98 Å². The maximum atomic E-state index is 12.3. The molecule has 0 amide bonds. The van der Waals surface area contributed by atoms with Crippen LogP contribution >= 0.6 is 0 Å². The number of carboxylic acids is 1. The summed E-state index contributed by atoms with van der Waals surface area (Å²) < 4.78 is 1.83. The molecule has 2 heterocycles. The molecule has 1 aromatic carbocycles. The van der Waals surface area contributed by atoms with E-state index >= 15 is 0 Å². The highest BCUT2D eigenvalue weighted by Gasteiger charge is 2.49. The van der Waals surface area contributed by atoms with E-state index in [0.29, 0.717) is 31.6 Å². The second-order valence-corrected chi connectivity index (χ2v) is 7.82. The third-order valence-corrected chi connectivity index (χ3v) is 5.82. The first-order valence-electron chi connectivity index (χ1n) is 9.67. The lowest BCUT2D eigenvalue weighted by molar-refractivity contribution is -0.143. The Bertz CT molecular complexity index is 1190. The molecule has 0 radical (unpaired) electrons. The lowest BCUT2D eigenvalue weighted by atomic mass is 10.0. The van der Waals surface area contributed by atoms with Crippen LogP contribution in [0.2, 0.25) is 0 Å². The van der Waals surface area contributed by atoms with Crippen LogP contribution in [0.5, 0.6) is 0 Å². The number of rotatable bonds is 7. The molecule has 29 heavy (non-hydrogen) atoms. The zero-order valence-electron chi connectivity index (χ0n) is 16.4. The molecule has 152 valence electrons. The lowest BCUT2D eigenvalue weighted by Gasteiger charge is -2.18. The van der Waals surface area contributed by atoms with Gasteiger partial charge in [-0.05, 0) is 62.9 Å². The average molecular weight is 397 g/mol. The zero-order chi connectivity index (χ0) is 20.8. The largest absolute Gasteiger partial charge is 0.481 e. The summed E-state index contributed by atoms with van der Waals surface area (Å²) in [6.07, 6.45) is 2.05. The maximum Gasteiger partial charge on any atom is 0.349 e. The number of carboxylic acid groups (broad SMARTS) is 1. The Morgan fingerprint density at radius 3 is 2.62 bits per heavy atom. The van der Waals surface area contributed by atoms with Gasteiger partial charge in [0.15, 0.2) is 11.5 Å². The molecule has 1 aliphatic carbocycles. The summed E-state index contributed by atoms with van der Waals surface area (Å²) in [7, 11) is 0. The quantitative estimate of drug-likeness (QED) is 0.401. The predicted molar refractivity (Wildman–Crippen MR) is 107 cm³/mol. The van der Waals surface area contributed by atoms with Crippen molar-refractivity contribution < 1.29 is 9.90 Å². The third-order valence-electron chi connectivity index (χ3n) is 5.82. The highest BCUT2D eigenvalue weighted by molar-refractivity contribution is 5.81. The summed E-state index contributed by atoms with van der Waals surface area (Å²) in [5, 5.41) is 12.5. The Morgan fingerprint density at radius 1 is 1.21 bits per heavy atom. The van der Waals surface area contributed by atoms with Crippen molar-refractivity contribution in [2.24, 2.45) is 5.41 Å². The molecule has 1 saturated carbocycles. The molecule has 3 N–H and O–H groups in total. The number of aliphatic carboxylic acids is 1. The van der Waals surface area contributed by atoms with E-state index in [0.717, 1.165) is 29.5 Å². The van der Waals surface area contributed by atoms with Gasteiger partial charge in [0.05, 0.1) is 16.4 Å². The molecule has 0 unspecified atom stereocenters. The summed E-state index contributed by atoms with van der Waals surface area (Å²) in [6.45, 7) is 5.57. The van der Waals surface area contributed by atoms with E-state index in [2.05, 4.69) is 20.3 Å². The first-order valence-corrected chi connectivity index (χ1v) is 9.67. The van der Waals surface area contributed by atoms with Gasteiger partial charge in [0.25, 0.3) is 5.56 Å². The molecule has 9 nitrogen and oxygen atoms in total. The first kappa shape index (κ1) is 19.3. The highest BCUT2D eigenvalue weighted by atomic mass is 16.4. The molecule has 1 fully saturated rings. The van der Waals surface area contributed by atoms with E-state index in [1.54, 1.807) is 0 Å². The van der Waals surface area contributed by atoms with Gasteiger partial charge in [0.1, 0.15) is 0 Å². The average Bonchev–Trinajstić information content (AvgIpc) is 3.44. The lowest BCUT2D eigenvalue weighted by Crippen LogP contribution is -2.31. The van der Waals surface area contributed by atoms with Crippen LogP contribution in [0.25, 0.3) is 22.6 Å². The van der Waals surface area contributed by atoms with Crippen molar-refractivity contribution in [3.8, 4) is 11.5 Å². The number of nitrogens with zero attached hydrogens (tertiary/aromatic N) is 3. The van der Waals surface area contributed by atoms with Gasteiger partial charge in [0, 0.05) is 13.1 Å². The van der Waals surface area contributed by atoms with Gasteiger partial charge >= 0.3 is 11.7 Å². The summed E-state index contributed by atoms with van der Waals surface area (Å²) in [5.41, 5.74) is 1.90. The fraction of sp³-hybridized carbons (Fsp3) is 0.450. The van der Waals surface area contributed by atoms with Crippen LogP contribution < -0.4 is 16.6 Å². The van der Waals surface area contributed by atoms with E-state index in [4.69, 9.17) is 0 Å². The van der Waals surface area contributed by atoms with Crippen molar-refractivity contribution in [1.82, 2.24) is 24.8 Å². The van der Waals surface area contributed by atoms with Gasteiger partial charge in [0.2, 0.25) is 0 Å². The molecule has 0 aromatic heterocycles. The maximum absolute atomic E-state index is 12.3. The zero-order valence-corrected chi connectivity index (χ0v) is 16.4.